The van der Waals surface area contributed by atoms with Crippen LogP contribution in [0.3, 0.4) is 0 Å². The number of aryl methyl sites for hydroxylation is 3. The van der Waals surface area contributed by atoms with Crippen LogP contribution in [-0.2, 0) is 11.3 Å². The van der Waals surface area contributed by atoms with Crippen LogP contribution in [-0.4, -0.2) is 52.1 Å². The number of hydrogen-bond acceptors (Lipinski definition) is 6. The van der Waals surface area contributed by atoms with Crippen molar-refractivity contribution >= 4 is 23.5 Å². The Morgan fingerprint density at radius 2 is 1.81 bits per heavy atom. The molecule has 3 rings (SSSR count). The summed E-state index contributed by atoms with van der Waals surface area (Å²) in [6.07, 6.45) is 0. The third-order valence-corrected chi connectivity index (χ3v) is 6.15. The van der Waals surface area contributed by atoms with Gasteiger partial charge in [-0.2, -0.15) is 0 Å². The molecule has 1 aliphatic rings. The van der Waals surface area contributed by atoms with Gasteiger partial charge in [0, 0.05) is 25.2 Å². The van der Waals surface area contributed by atoms with Crippen molar-refractivity contribution in [1.29, 1.82) is 0 Å². The molecule has 2 aromatic rings. The third-order valence-electron chi connectivity index (χ3n) is 5.07. The number of thioether (sulfide) groups is 1. The van der Waals surface area contributed by atoms with Crippen molar-refractivity contribution in [1.82, 2.24) is 14.8 Å². The highest BCUT2D eigenvalue weighted by molar-refractivity contribution is 8.00. The summed E-state index contributed by atoms with van der Waals surface area (Å²) in [6.45, 7) is 14.0. The summed E-state index contributed by atoms with van der Waals surface area (Å²) >= 11 is 1.48. The Hall–Kier alpha value is -1.86. The van der Waals surface area contributed by atoms with Gasteiger partial charge in [0.15, 0.2) is 10.9 Å². The Balaban J connectivity index is 1.79. The summed E-state index contributed by atoms with van der Waals surface area (Å²) in [6, 6.07) is 4.10. The molecule has 0 saturated carbocycles. The van der Waals surface area contributed by atoms with Gasteiger partial charge in [0.05, 0.1) is 18.5 Å². The molecule has 1 aromatic heterocycles. The fourth-order valence-electron chi connectivity index (χ4n) is 3.30. The summed E-state index contributed by atoms with van der Waals surface area (Å²) in [4.78, 5) is 15.2. The van der Waals surface area contributed by atoms with Crippen LogP contribution in [0.2, 0.25) is 0 Å². The van der Waals surface area contributed by atoms with Gasteiger partial charge in [-0.1, -0.05) is 17.8 Å². The first-order valence-electron chi connectivity index (χ1n) is 9.47. The predicted molar refractivity (Wildman–Crippen MR) is 109 cm³/mol. The van der Waals surface area contributed by atoms with E-state index in [0.29, 0.717) is 13.2 Å². The van der Waals surface area contributed by atoms with E-state index in [-0.39, 0.29) is 11.0 Å². The van der Waals surface area contributed by atoms with E-state index in [2.05, 4.69) is 39.6 Å². The van der Waals surface area contributed by atoms with E-state index in [4.69, 9.17) is 4.74 Å². The second-order valence-electron chi connectivity index (χ2n) is 7.00. The molecule has 7 heteroatoms. The van der Waals surface area contributed by atoms with E-state index in [1.165, 1.54) is 17.3 Å². The molecule has 0 unspecified atom stereocenters. The first kappa shape index (κ1) is 19.9. The molecule has 0 N–H and O–H groups in total. The number of carbonyl (C=O) groups is 1. The second kappa shape index (κ2) is 8.44. The molecular weight excluding hydrogens is 360 g/mol. The van der Waals surface area contributed by atoms with E-state index < -0.39 is 0 Å². The summed E-state index contributed by atoms with van der Waals surface area (Å²) in [5, 5.41) is 9.33. The number of anilines is 1. The van der Waals surface area contributed by atoms with Gasteiger partial charge in [0.25, 0.3) is 0 Å². The number of ether oxygens (including phenoxy) is 1. The number of carbonyl (C=O) groups excluding carboxylic acids is 1. The van der Waals surface area contributed by atoms with Gasteiger partial charge in [-0.25, -0.2) is 0 Å². The predicted octanol–water partition coefficient (Wildman–Crippen LogP) is 3.42. The zero-order chi connectivity index (χ0) is 19.6. The minimum absolute atomic E-state index is 0.138. The number of aromatic nitrogens is 3. The van der Waals surface area contributed by atoms with Crippen LogP contribution in [0.1, 0.15) is 40.9 Å². The van der Waals surface area contributed by atoms with Crippen molar-refractivity contribution in [3.63, 3.8) is 0 Å². The van der Waals surface area contributed by atoms with Crippen molar-refractivity contribution in [2.45, 2.75) is 51.6 Å². The molecule has 146 valence electrons. The summed E-state index contributed by atoms with van der Waals surface area (Å²) in [5.74, 6) is 1.00. The number of hydrogen-bond donors (Lipinski definition) is 0. The fourth-order valence-corrected chi connectivity index (χ4v) is 4.27. The SMILES string of the molecule is CCn1c(S[C@@H](C)C(=O)c2cc(C)c(C)cc2C)nnc1N1CCOCC1. The number of nitrogens with zero attached hydrogens (tertiary/aromatic N) is 4. The van der Waals surface area contributed by atoms with E-state index in [0.717, 1.165) is 47.4 Å². The van der Waals surface area contributed by atoms with E-state index in [1.54, 1.807) is 0 Å². The first-order chi connectivity index (χ1) is 12.9. The van der Waals surface area contributed by atoms with E-state index in [1.807, 2.05) is 26.8 Å². The highest BCUT2D eigenvalue weighted by Gasteiger charge is 2.24. The number of morpholine rings is 1. The molecule has 1 fully saturated rings. The lowest BCUT2D eigenvalue weighted by atomic mass is 9.97. The smallest absolute Gasteiger partial charge is 0.228 e. The number of Topliss-reactive ketones (excluding diaryl/α,β-unsaturated/α-hetero) is 1. The van der Waals surface area contributed by atoms with Crippen LogP contribution in [0, 0.1) is 20.8 Å². The van der Waals surface area contributed by atoms with Crippen LogP contribution >= 0.6 is 11.8 Å². The largest absolute Gasteiger partial charge is 0.378 e. The van der Waals surface area contributed by atoms with Gasteiger partial charge in [-0.15, -0.1) is 10.2 Å². The summed E-state index contributed by atoms with van der Waals surface area (Å²) in [5.41, 5.74) is 4.19. The highest BCUT2D eigenvalue weighted by Crippen LogP contribution is 2.29. The topological polar surface area (TPSA) is 60.2 Å². The summed E-state index contributed by atoms with van der Waals surface area (Å²) in [7, 11) is 0. The van der Waals surface area contributed by atoms with Crippen LogP contribution in [0.5, 0.6) is 0 Å². The average molecular weight is 389 g/mol. The van der Waals surface area contributed by atoms with Gasteiger partial charge in [0.2, 0.25) is 5.95 Å². The van der Waals surface area contributed by atoms with Crippen molar-refractivity contribution in [2.75, 3.05) is 31.2 Å². The molecule has 1 aromatic carbocycles. The Morgan fingerprint density at radius 3 is 2.48 bits per heavy atom. The molecule has 27 heavy (non-hydrogen) atoms. The Bertz CT molecular complexity index is 828. The lowest BCUT2D eigenvalue weighted by Crippen LogP contribution is -2.38. The van der Waals surface area contributed by atoms with Crippen molar-refractivity contribution in [2.24, 2.45) is 0 Å². The molecule has 0 spiro atoms. The van der Waals surface area contributed by atoms with Crippen molar-refractivity contribution < 1.29 is 9.53 Å². The van der Waals surface area contributed by atoms with Crippen molar-refractivity contribution in [3.8, 4) is 0 Å². The van der Waals surface area contributed by atoms with Gasteiger partial charge in [0.1, 0.15) is 0 Å². The molecule has 2 heterocycles. The lowest BCUT2D eigenvalue weighted by molar-refractivity contribution is 0.0993. The Labute approximate surface area is 165 Å². The molecular formula is C20H28N4O2S. The lowest BCUT2D eigenvalue weighted by Gasteiger charge is -2.27. The average Bonchev–Trinajstić information content (AvgIpc) is 3.07. The molecule has 0 radical (unpaired) electrons. The number of ketones is 1. The van der Waals surface area contributed by atoms with Crippen LogP contribution in [0.4, 0.5) is 5.95 Å². The standard InChI is InChI=1S/C20H28N4O2S/c1-6-24-19(23-7-9-26-10-8-23)21-22-20(24)27-16(5)18(25)17-12-14(3)13(2)11-15(17)4/h11-12,16H,6-10H2,1-5H3/t16-/m0/s1. The molecule has 0 aliphatic carbocycles. The molecule has 6 nitrogen and oxygen atoms in total. The van der Waals surface area contributed by atoms with Crippen LogP contribution in [0.15, 0.2) is 17.3 Å². The van der Waals surface area contributed by atoms with E-state index >= 15 is 0 Å². The molecule has 1 atom stereocenters. The monoisotopic (exact) mass is 388 g/mol. The van der Waals surface area contributed by atoms with Crippen molar-refractivity contribution in [3.05, 3.63) is 34.4 Å². The summed E-state index contributed by atoms with van der Waals surface area (Å²) < 4.78 is 7.52. The number of rotatable bonds is 6. The molecule has 1 saturated heterocycles. The maximum atomic E-state index is 13.0. The third kappa shape index (κ3) is 4.19. The minimum atomic E-state index is -0.224. The second-order valence-corrected chi connectivity index (χ2v) is 8.31. The minimum Gasteiger partial charge on any atom is -0.378 e. The first-order valence-corrected chi connectivity index (χ1v) is 10.3. The maximum Gasteiger partial charge on any atom is 0.228 e. The van der Waals surface area contributed by atoms with Gasteiger partial charge < -0.3 is 9.64 Å². The van der Waals surface area contributed by atoms with E-state index in [9.17, 15) is 4.79 Å². The Kier molecular flexibility index (Phi) is 6.22. The number of benzene rings is 1. The quantitative estimate of drug-likeness (QED) is 0.558. The van der Waals surface area contributed by atoms with Gasteiger partial charge in [-0.3, -0.25) is 9.36 Å². The van der Waals surface area contributed by atoms with Gasteiger partial charge >= 0.3 is 0 Å². The zero-order valence-electron chi connectivity index (χ0n) is 16.8. The Morgan fingerprint density at radius 1 is 1.15 bits per heavy atom. The molecule has 0 bridgehead atoms. The fraction of sp³-hybridized carbons (Fsp3) is 0.550. The van der Waals surface area contributed by atoms with Gasteiger partial charge in [-0.05, 0) is 57.4 Å². The zero-order valence-corrected chi connectivity index (χ0v) is 17.6. The normalized spacial score (nSPS) is 15.8. The molecule has 1 aliphatic heterocycles. The maximum absolute atomic E-state index is 13.0. The molecule has 0 amide bonds. The van der Waals surface area contributed by atoms with Crippen LogP contribution < -0.4 is 4.90 Å². The van der Waals surface area contributed by atoms with Crippen LogP contribution in [0.25, 0.3) is 0 Å². The highest BCUT2D eigenvalue weighted by atomic mass is 32.2.